The molecule has 0 aromatic carbocycles. The van der Waals surface area contributed by atoms with Crippen molar-refractivity contribution >= 4 is 28.6 Å². The summed E-state index contributed by atoms with van der Waals surface area (Å²) in [6.45, 7) is 4.64. The Kier molecular flexibility index (Phi) is 5.01. The third-order valence-electron chi connectivity index (χ3n) is 2.96. The van der Waals surface area contributed by atoms with Crippen LogP contribution in [0.25, 0.3) is 11.2 Å². The predicted molar refractivity (Wildman–Crippen MR) is 76.8 cm³/mol. The van der Waals surface area contributed by atoms with Crippen molar-refractivity contribution in [3.8, 4) is 0 Å². The van der Waals surface area contributed by atoms with Crippen LogP contribution in [0.15, 0.2) is 29.1 Å². The van der Waals surface area contributed by atoms with Gasteiger partial charge in [-0.15, -0.1) is 0 Å². The van der Waals surface area contributed by atoms with E-state index in [4.69, 9.17) is 16.0 Å². The molecular weight excluding hydrogens is 473 g/mol. The largest absolute Gasteiger partial charge is 2.00 e. The minimum Gasteiger partial charge on any atom is -0.467 e. The van der Waals surface area contributed by atoms with Crippen molar-refractivity contribution in [2.75, 3.05) is 5.32 Å². The second-order valence-corrected chi connectivity index (χ2v) is 5.03. The van der Waals surface area contributed by atoms with Crippen LogP contribution in [-0.4, -0.2) is 19.5 Å². The quantitative estimate of drug-likeness (QED) is 0.573. The molecule has 3 aromatic heterocycles. The fraction of sp³-hybridized carbons (Fsp3) is 0.308. The van der Waals surface area contributed by atoms with Gasteiger partial charge in [-0.25, -0.2) is 4.98 Å². The van der Waals surface area contributed by atoms with Crippen LogP contribution >= 0.6 is 11.6 Å². The molecule has 8 heteroatoms. The van der Waals surface area contributed by atoms with Crippen molar-refractivity contribution in [1.29, 1.82) is 0 Å². The van der Waals surface area contributed by atoms with E-state index in [0.29, 0.717) is 17.9 Å². The molecule has 0 atom stereocenters. The SMILES string of the molecule is CC(C)n1cnc2c(NCc3ccco3)nc(Cl)nc21.[Pt+2]. The molecule has 0 amide bonds. The molecule has 0 radical (unpaired) electrons. The monoisotopic (exact) mass is 486 g/mol. The first kappa shape index (κ1) is 16.0. The van der Waals surface area contributed by atoms with E-state index in [2.05, 4.69) is 34.1 Å². The smallest absolute Gasteiger partial charge is 0.467 e. The minimum absolute atomic E-state index is 0. The number of furan rings is 1. The molecule has 3 heterocycles. The van der Waals surface area contributed by atoms with Crippen molar-refractivity contribution in [2.24, 2.45) is 0 Å². The Morgan fingerprint density at radius 1 is 1.38 bits per heavy atom. The second kappa shape index (κ2) is 6.58. The number of hydrogen-bond acceptors (Lipinski definition) is 5. The Morgan fingerprint density at radius 2 is 2.19 bits per heavy atom. The van der Waals surface area contributed by atoms with Crippen molar-refractivity contribution < 1.29 is 25.5 Å². The van der Waals surface area contributed by atoms with E-state index in [9.17, 15) is 0 Å². The number of fused-ring (bicyclic) bond motifs is 1. The van der Waals surface area contributed by atoms with Crippen LogP contribution in [0.4, 0.5) is 5.82 Å². The summed E-state index contributed by atoms with van der Waals surface area (Å²) in [6.07, 6.45) is 3.38. The van der Waals surface area contributed by atoms with E-state index in [1.807, 2.05) is 16.7 Å². The predicted octanol–water partition coefficient (Wildman–Crippen LogP) is 3.26. The number of anilines is 1. The van der Waals surface area contributed by atoms with E-state index in [0.717, 1.165) is 11.4 Å². The standard InChI is InChI=1S/C13H14ClN5O.Pt/c1-8(2)19-7-16-10-11(17-13(14)18-12(10)19)15-6-9-4-3-5-20-9;/h3-5,7-8H,6H2,1-2H3,(H,15,17,18);/q;+2. The first-order chi connectivity index (χ1) is 9.65. The molecular formula is C13H14ClN5OPt+2. The molecule has 0 aliphatic carbocycles. The first-order valence-electron chi connectivity index (χ1n) is 6.31. The maximum atomic E-state index is 5.99. The van der Waals surface area contributed by atoms with Gasteiger partial charge >= 0.3 is 21.1 Å². The summed E-state index contributed by atoms with van der Waals surface area (Å²) in [4.78, 5) is 12.8. The Bertz CT molecular complexity index is 726. The Morgan fingerprint density at radius 3 is 2.86 bits per heavy atom. The van der Waals surface area contributed by atoms with Crippen molar-refractivity contribution in [1.82, 2.24) is 19.5 Å². The zero-order valence-corrected chi connectivity index (χ0v) is 14.5. The van der Waals surface area contributed by atoms with Gasteiger partial charge in [-0.05, 0) is 37.6 Å². The van der Waals surface area contributed by atoms with Gasteiger partial charge in [0.05, 0.1) is 19.1 Å². The van der Waals surface area contributed by atoms with Crippen LogP contribution in [0.1, 0.15) is 25.6 Å². The van der Waals surface area contributed by atoms with Crippen molar-refractivity contribution in [3.63, 3.8) is 0 Å². The molecule has 0 bridgehead atoms. The van der Waals surface area contributed by atoms with E-state index in [1.165, 1.54) is 0 Å². The van der Waals surface area contributed by atoms with Gasteiger partial charge in [0.2, 0.25) is 5.28 Å². The number of aromatic nitrogens is 4. The fourth-order valence-corrected chi connectivity index (χ4v) is 2.14. The Balaban J connectivity index is 0.00000161. The third kappa shape index (κ3) is 3.27. The molecule has 0 saturated heterocycles. The van der Waals surface area contributed by atoms with Crippen LogP contribution in [0.2, 0.25) is 5.28 Å². The van der Waals surface area contributed by atoms with Crippen LogP contribution in [0, 0.1) is 0 Å². The fourth-order valence-electron chi connectivity index (χ4n) is 1.98. The van der Waals surface area contributed by atoms with Crippen LogP contribution in [0.5, 0.6) is 0 Å². The number of nitrogens with zero attached hydrogens (tertiary/aromatic N) is 4. The maximum absolute atomic E-state index is 5.99. The van der Waals surface area contributed by atoms with Crippen molar-refractivity contribution in [2.45, 2.75) is 26.4 Å². The minimum atomic E-state index is 0. The summed E-state index contributed by atoms with van der Waals surface area (Å²) in [5, 5.41) is 3.37. The zero-order chi connectivity index (χ0) is 14.1. The third-order valence-corrected chi connectivity index (χ3v) is 3.13. The first-order valence-corrected chi connectivity index (χ1v) is 6.69. The van der Waals surface area contributed by atoms with E-state index in [-0.39, 0.29) is 32.4 Å². The summed E-state index contributed by atoms with van der Waals surface area (Å²) in [7, 11) is 0. The van der Waals surface area contributed by atoms with Gasteiger partial charge in [0.25, 0.3) is 0 Å². The molecule has 0 unspecified atom stereocenters. The van der Waals surface area contributed by atoms with Crippen molar-refractivity contribution in [3.05, 3.63) is 35.8 Å². The van der Waals surface area contributed by atoms with Gasteiger partial charge in [-0.3, -0.25) is 0 Å². The summed E-state index contributed by atoms with van der Waals surface area (Å²) in [5.74, 6) is 1.42. The molecule has 6 nitrogen and oxygen atoms in total. The zero-order valence-electron chi connectivity index (χ0n) is 11.5. The molecule has 0 fully saturated rings. The number of rotatable bonds is 4. The number of halogens is 1. The Hall–Kier alpha value is -1.39. The number of imidazole rings is 1. The van der Waals surface area contributed by atoms with Gasteiger partial charge < -0.3 is 14.3 Å². The van der Waals surface area contributed by atoms with Crippen LogP contribution in [0.3, 0.4) is 0 Å². The molecule has 0 spiro atoms. The molecule has 21 heavy (non-hydrogen) atoms. The topological polar surface area (TPSA) is 68.8 Å². The van der Waals surface area contributed by atoms with Gasteiger partial charge in [0.15, 0.2) is 17.0 Å². The van der Waals surface area contributed by atoms with Crippen LogP contribution < -0.4 is 5.32 Å². The maximum Gasteiger partial charge on any atom is 2.00 e. The van der Waals surface area contributed by atoms with Gasteiger partial charge in [0, 0.05) is 6.04 Å². The average molecular weight is 487 g/mol. The molecule has 3 aromatic rings. The molecule has 0 aliphatic heterocycles. The van der Waals surface area contributed by atoms with Gasteiger partial charge in [0.1, 0.15) is 5.76 Å². The second-order valence-electron chi connectivity index (χ2n) is 4.69. The normalized spacial score (nSPS) is 10.9. The molecule has 3 rings (SSSR count). The molecule has 1 N–H and O–H groups in total. The van der Waals surface area contributed by atoms with Gasteiger partial charge in [-0.2, -0.15) is 9.97 Å². The average Bonchev–Trinajstić information content (AvgIpc) is 3.04. The number of nitrogens with one attached hydrogen (secondary N) is 1. The van der Waals surface area contributed by atoms with E-state index in [1.54, 1.807) is 12.6 Å². The molecule has 0 aliphatic rings. The molecule has 112 valence electrons. The summed E-state index contributed by atoms with van der Waals surface area (Å²) in [5.41, 5.74) is 1.43. The Labute approximate surface area is 141 Å². The summed E-state index contributed by atoms with van der Waals surface area (Å²) in [6, 6.07) is 3.98. The summed E-state index contributed by atoms with van der Waals surface area (Å²) < 4.78 is 7.24. The van der Waals surface area contributed by atoms with E-state index < -0.39 is 0 Å². The van der Waals surface area contributed by atoms with E-state index >= 15 is 0 Å². The number of hydrogen-bond donors (Lipinski definition) is 1. The summed E-state index contributed by atoms with van der Waals surface area (Å²) >= 11 is 5.99. The molecule has 0 saturated carbocycles. The van der Waals surface area contributed by atoms with Crippen LogP contribution in [-0.2, 0) is 27.6 Å². The van der Waals surface area contributed by atoms with Gasteiger partial charge in [-0.1, -0.05) is 0 Å².